The number of hydrogen-bond acceptors (Lipinski definition) is 3. The third-order valence-corrected chi connectivity index (χ3v) is 9.08. The monoisotopic (exact) mass is 578 g/mol. The van der Waals surface area contributed by atoms with E-state index in [0.717, 1.165) is 71.8 Å². The molecule has 0 atom stereocenters. The number of rotatable bonds is 2. The Morgan fingerprint density at radius 1 is 0.511 bits per heavy atom. The number of benzene rings is 7. The normalized spacial score (nSPS) is 12.3. The van der Waals surface area contributed by atoms with Gasteiger partial charge in [-0.25, -0.2) is 9.97 Å². The molecule has 45 heavy (non-hydrogen) atoms. The lowest BCUT2D eigenvalue weighted by atomic mass is 9.87. The molecule has 0 bridgehead atoms. The van der Waals surface area contributed by atoms with Crippen LogP contribution in [0.3, 0.4) is 0 Å². The minimum Gasteiger partial charge on any atom is -0.455 e. The first kappa shape index (κ1) is 25.9. The van der Waals surface area contributed by atoms with Crippen molar-refractivity contribution < 1.29 is 4.42 Å². The largest absolute Gasteiger partial charge is 0.455 e. The summed E-state index contributed by atoms with van der Waals surface area (Å²) in [5.41, 5.74) is 8.57. The molecule has 0 aliphatic heterocycles. The highest BCUT2D eigenvalue weighted by molar-refractivity contribution is 6.24. The topological polar surface area (TPSA) is 38.9 Å². The molecule has 0 fully saturated rings. The summed E-state index contributed by atoms with van der Waals surface area (Å²) in [5.74, 6) is 0. The van der Waals surface area contributed by atoms with Crippen LogP contribution in [0.5, 0.6) is 0 Å². The average molecular weight is 579 g/mol. The van der Waals surface area contributed by atoms with Gasteiger partial charge in [0.2, 0.25) is 0 Å². The standard InChI is InChI=1S/C42H30N2O/c1-42(2,3)41-37(43-38-31-19-8-6-17-29(31)30-18-7-9-20-32(30)39(38)44-41)27-15-12-14-25(23-27)34-24-26-13-4-5-16-28(26)36-33-21-10-11-22-35(33)45-40(34)36/h4-24H,1-3H3. The van der Waals surface area contributed by atoms with E-state index < -0.39 is 0 Å². The molecular formula is C42H30N2O. The quantitative estimate of drug-likeness (QED) is 0.192. The molecule has 3 heteroatoms. The summed E-state index contributed by atoms with van der Waals surface area (Å²) < 4.78 is 6.59. The van der Waals surface area contributed by atoms with Crippen LogP contribution >= 0.6 is 0 Å². The van der Waals surface area contributed by atoms with Crippen LogP contribution in [0.4, 0.5) is 0 Å². The van der Waals surface area contributed by atoms with Gasteiger partial charge in [0.1, 0.15) is 11.2 Å². The summed E-state index contributed by atoms with van der Waals surface area (Å²) in [6, 6.07) is 45.0. The van der Waals surface area contributed by atoms with Crippen LogP contribution in [0.1, 0.15) is 26.5 Å². The third-order valence-electron chi connectivity index (χ3n) is 9.08. The molecule has 2 aromatic heterocycles. The molecule has 214 valence electrons. The molecular weight excluding hydrogens is 548 g/mol. The molecule has 2 heterocycles. The fourth-order valence-corrected chi connectivity index (χ4v) is 7.01. The fraction of sp³-hybridized carbons (Fsp3) is 0.0952. The van der Waals surface area contributed by atoms with E-state index in [4.69, 9.17) is 14.4 Å². The zero-order valence-electron chi connectivity index (χ0n) is 25.4. The number of para-hydroxylation sites is 1. The van der Waals surface area contributed by atoms with Gasteiger partial charge in [-0.15, -0.1) is 0 Å². The third kappa shape index (κ3) is 3.90. The van der Waals surface area contributed by atoms with E-state index in [9.17, 15) is 0 Å². The van der Waals surface area contributed by atoms with Gasteiger partial charge in [-0.05, 0) is 45.3 Å². The first-order valence-electron chi connectivity index (χ1n) is 15.5. The van der Waals surface area contributed by atoms with Gasteiger partial charge in [-0.1, -0.05) is 130 Å². The molecule has 3 nitrogen and oxygen atoms in total. The predicted molar refractivity (Wildman–Crippen MR) is 189 cm³/mol. The van der Waals surface area contributed by atoms with Crippen molar-refractivity contribution in [1.82, 2.24) is 9.97 Å². The van der Waals surface area contributed by atoms with Crippen LogP contribution in [0, 0.1) is 0 Å². The molecule has 0 unspecified atom stereocenters. The zero-order valence-corrected chi connectivity index (χ0v) is 25.4. The molecule has 0 radical (unpaired) electrons. The molecule has 0 saturated carbocycles. The minimum absolute atomic E-state index is 0.228. The van der Waals surface area contributed by atoms with E-state index in [-0.39, 0.29) is 5.41 Å². The van der Waals surface area contributed by atoms with E-state index in [2.05, 4.69) is 142 Å². The van der Waals surface area contributed by atoms with E-state index in [1.54, 1.807) is 0 Å². The van der Waals surface area contributed by atoms with Crippen molar-refractivity contribution in [2.24, 2.45) is 0 Å². The van der Waals surface area contributed by atoms with Crippen molar-refractivity contribution in [3.63, 3.8) is 0 Å². The average Bonchev–Trinajstić information content (AvgIpc) is 3.47. The van der Waals surface area contributed by atoms with Gasteiger partial charge < -0.3 is 4.42 Å². The van der Waals surface area contributed by atoms with Gasteiger partial charge in [0.25, 0.3) is 0 Å². The Balaban J connectivity index is 1.35. The van der Waals surface area contributed by atoms with Gasteiger partial charge in [0.05, 0.1) is 22.4 Å². The van der Waals surface area contributed by atoms with Crippen LogP contribution in [0.15, 0.2) is 132 Å². The maximum atomic E-state index is 6.59. The van der Waals surface area contributed by atoms with Crippen molar-refractivity contribution in [2.45, 2.75) is 26.2 Å². The van der Waals surface area contributed by atoms with Gasteiger partial charge in [-0.3, -0.25) is 0 Å². The van der Waals surface area contributed by atoms with E-state index >= 15 is 0 Å². The molecule has 9 rings (SSSR count). The predicted octanol–water partition coefficient (Wildman–Crippen LogP) is 11.6. The van der Waals surface area contributed by atoms with Crippen molar-refractivity contribution >= 4 is 65.3 Å². The van der Waals surface area contributed by atoms with Crippen LogP contribution in [-0.2, 0) is 5.41 Å². The number of furan rings is 1. The second kappa shape index (κ2) is 9.48. The van der Waals surface area contributed by atoms with Crippen molar-refractivity contribution in [3.8, 4) is 22.4 Å². The first-order valence-corrected chi connectivity index (χ1v) is 15.5. The highest BCUT2D eigenvalue weighted by Gasteiger charge is 2.25. The van der Waals surface area contributed by atoms with E-state index in [1.165, 1.54) is 21.5 Å². The summed E-state index contributed by atoms with van der Waals surface area (Å²) in [6.07, 6.45) is 0. The minimum atomic E-state index is -0.228. The lowest BCUT2D eigenvalue weighted by Gasteiger charge is -2.23. The van der Waals surface area contributed by atoms with Gasteiger partial charge in [0.15, 0.2) is 0 Å². The molecule has 0 N–H and O–H groups in total. The number of hydrogen-bond donors (Lipinski definition) is 0. The Labute approximate surface area is 260 Å². The van der Waals surface area contributed by atoms with Crippen LogP contribution in [0.25, 0.3) is 87.7 Å². The smallest absolute Gasteiger partial charge is 0.143 e. The summed E-state index contributed by atoms with van der Waals surface area (Å²) in [7, 11) is 0. The molecule has 7 aromatic carbocycles. The number of aromatic nitrogens is 2. The Bertz CT molecular complexity index is 2640. The van der Waals surface area contributed by atoms with Crippen molar-refractivity contribution in [3.05, 3.63) is 133 Å². The summed E-state index contributed by atoms with van der Waals surface area (Å²) >= 11 is 0. The number of nitrogens with zero attached hydrogens (tertiary/aromatic N) is 2. The molecule has 0 amide bonds. The molecule has 9 aromatic rings. The first-order chi connectivity index (χ1) is 22.0. The maximum Gasteiger partial charge on any atom is 0.143 e. The number of fused-ring (bicyclic) bond motifs is 11. The Morgan fingerprint density at radius 2 is 1.09 bits per heavy atom. The van der Waals surface area contributed by atoms with Crippen molar-refractivity contribution in [2.75, 3.05) is 0 Å². The van der Waals surface area contributed by atoms with Crippen molar-refractivity contribution in [1.29, 1.82) is 0 Å². The van der Waals surface area contributed by atoms with Gasteiger partial charge >= 0.3 is 0 Å². The Hall–Kier alpha value is -5.54. The van der Waals surface area contributed by atoms with Crippen LogP contribution in [0.2, 0.25) is 0 Å². The Morgan fingerprint density at radius 3 is 1.80 bits per heavy atom. The van der Waals surface area contributed by atoms with Crippen LogP contribution < -0.4 is 0 Å². The lowest BCUT2D eigenvalue weighted by molar-refractivity contribution is 0.571. The molecule has 0 aliphatic carbocycles. The van der Waals surface area contributed by atoms with Crippen LogP contribution in [-0.4, -0.2) is 9.97 Å². The van der Waals surface area contributed by atoms with Gasteiger partial charge in [0, 0.05) is 38.1 Å². The fourth-order valence-electron chi connectivity index (χ4n) is 7.01. The lowest BCUT2D eigenvalue weighted by Crippen LogP contribution is -2.16. The highest BCUT2D eigenvalue weighted by Crippen LogP contribution is 2.43. The highest BCUT2D eigenvalue weighted by atomic mass is 16.3. The molecule has 0 saturated heterocycles. The zero-order chi connectivity index (χ0) is 30.3. The molecule has 0 spiro atoms. The molecule has 0 aliphatic rings. The van der Waals surface area contributed by atoms with Gasteiger partial charge in [-0.2, -0.15) is 0 Å². The summed E-state index contributed by atoms with van der Waals surface area (Å²) in [4.78, 5) is 10.9. The summed E-state index contributed by atoms with van der Waals surface area (Å²) in [6.45, 7) is 6.67. The second-order valence-electron chi connectivity index (χ2n) is 13.0. The SMILES string of the molecule is CC(C)(C)c1nc2c3ccccc3c3ccccc3c2nc1-c1cccc(-c2cc3ccccc3c3c2oc2ccccc23)c1. The summed E-state index contributed by atoms with van der Waals surface area (Å²) in [5, 5.41) is 9.34. The van der Waals surface area contributed by atoms with E-state index in [0.29, 0.717) is 0 Å². The maximum absolute atomic E-state index is 6.59. The Kier molecular flexibility index (Phi) is 5.46. The second-order valence-corrected chi connectivity index (χ2v) is 13.0. The van der Waals surface area contributed by atoms with E-state index in [1.807, 2.05) is 6.07 Å².